The van der Waals surface area contributed by atoms with Gasteiger partial charge in [0.1, 0.15) is 30.0 Å². The number of pyridine rings is 1. The molecular weight excluding hydrogens is 776 g/mol. The number of aromatic nitrogens is 1. The molecule has 14 nitrogen and oxygen atoms in total. The van der Waals surface area contributed by atoms with Gasteiger partial charge in [0.05, 0.1) is 23.1 Å². The Kier molecular flexibility index (Phi) is 12.0. The summed E-state index contributed by atoms with van der Waals surface area (Å²) in [5.74, 6) is -0.933. The topological polar surface area (TPSA) is 163 Å². The third kappa shape index (κ3) is 8.75. The van der Waals surface area contributed by atoms with Gasteiger partial charge in [0.25, 0.3) is 11.8 Å². The average molecular weight is 818 g/mol. The highest BCUT2D eigenvalue weighted by molar-refractivity contribution is 7.81. The van der Waals surface area contributed by atoms with Gasteiger partial charge in [0.2, 0.25) is 11.8 Å². The van der Waals surface area contributed by atoms with Gasteiger partial charge in [-0.2, -0.15) is 18.4 Å². The minimum atomic E-state index is -4.86. The molecule has 3 saturated heterocycles. The molecule has 3 aliphatic heterocycles. The van der Waals surface area contributed by atoms with Crippen molar-refractivity contribution in [3.05, 3.63) is 83.8 Å². The molecule has 3 aromatic rings. The number of imide groups is 1. The smallest absolute Gasteiger partial charge is 0.419 e. The lowest BCUT2D eigenvalue weighted by Crippen LogP contribution is -2.48. The van der Waals surface area contributed by atoms with E-state index in [9.17, 15) is 32.3 Å². The van der Waals surface area contributed by atoms with E-state index in [0.717, 1.165) is 16.7 Å². The van der Waals surface area contributed by atoms with Crippen LogP contribution in [0.4, 0.5) is 35.9 Å². The lowest BCUT2D eigenvalue weighted by molar-refractivity contribution is -0.138. The first-order chi connectivity index (χ1) is 27.5. The van der Waals surface area contributed by atoms with Crippen LogP contribution in [-0.4, -0.2) is 94.4 Å². The molecule has 0 radical (unpaired) electrons. The van der Waals surface area contributed by atoms with Gasteiger partial charge in [-0.05, 0) is 86.9 Å². The number of anilines is 4. The van der Waals surface area contributed by atoms with Gasteiger partial charge >= 0.3 is 6.18 Å². The Bertz CT molecular complexity index is 2200. The van der Waals surface area contributed by atoms with Crippen molar-refractivity contribution in [1.29, 1.82) is 5.26 Å². The number of nitrogens with one attached hydrogen (secondary N) is 3. The largest absolute Gasteiger partial charge is 0.492 e. The number of carbonyl (C=O) groups is 4. The van der Waals surface area contributed by atoms with Crippen molar-refractivity contribution >= 4 is 63.7 Å². The number of nitrogens with zero attached hydrogens (tertiary/aromatic N) is 6. The van der Waals surface area contributed by atoms with Crippen molar-refractivity contribution in [1.82, 2.24) is 20.1 Å². The molecule has 0 saturated carbocycles. The van der Waals surface area contributed by atoms with Gasteiger partial charge in [0.15, 0.2) is 10.8 Å². The molecular formula is C40H42F3N9O5S. The number of nitriles is 1. The summed E-state index contributed by atoms with van der Waals surface area (Å²) >= 11 is 5.68. The van der Waals surface area contributed by atoms with E-state index in [-0.39, 0.29) is 34.9 Å². The molecule has 3 aliphatic rings. The van der Waals surface area contributed by atoms with Crippen LogP contribution in [0, 0.1) is 11.3 Å². The number of benzene rings is 2. The molecule has 1 aromatic heterocycles. The fourth-order valence-corrected chi connectivity index (χ4v) is 7.57. The average Bonchev–Trinajstić information content (AvgIpc) is 3.37. The van der Waals surface area contributed by atoms with Gasteiger partial charge in [-0.15, -0.1) is 0 Å². The first-order valence-electron chi connectivity index (χ1n) is 18.6. The number of amides is 4. The first kappa shape index (κ1) is 41.6. The van der Waals surface area contributed by atoms with Crippen LogP contribution in [0.5, 0.6) is 5.75 Å². The summed E-state index contributed by atoms with van der Waals surface area (Å²) in [5.41, 5.74) is -0.613. The lowest BCUT2D eigenvalue weighted by atomic mass is 10.0. The monoisotopic (exact) mass is 817 g/mol. The summed E-state index contributed by atoms with van der Waals surface area (Å²) in [7, 11) is 0. The standard InChI is InChI=1S/C40H42F3N9O5S/c1-5-25-19-28(52-38(58)51(37(56)39(52,3)4)29-21-30(40(41,42)43)32(22-44)45-23-29)9-11-33(25)57-18-17-49-13-15-50(16-14-49)24(2)35(54)47-27-8-6-7-26(20-27)46-31-10-12-34(53)48-36(31)55/h6-9,11,19-21,23,31,46H,2,5,10,12-18H2,1,3-4H3,(H,47,54)(H,48,53,55)/t31-/m1/s1. The molecule has 4 amide bonds. The number of piperazine rings is 1. The second-order valence-electron chi connectivity index (χ2n) is 14.5. The Morgan fingerprint density at radius 1 is 1.09 bits per heavy atom. The van der Waals surface area contributed by atoms with Crippen LogP contribution >= 0.6 is 12.2 Å². The van der Waals surface area contributed by atoms with Gasteiger partial charge in [-0.3, -0.25) is 34.3 Å². The quantitative estimate of drug-likeness (QED) is 0.130. The van der Waals surface area contributed by atoms with Crippen molar-refractivity contribution in [2.45, 2.75) is 57.8 Å². The number of carbonyl (C=O) groups excluding carboxylic acids is 4. The van der Waals surface area contributed by atoms with Crippen LogP contribution in [0.25, 0.3) is 0 Å². The van der Waals surface area contributed by atoms with Crippen LogP contribution in [0.2, 0.25) is 0 Å². The highest BCUT2D eigenvalue weighted by Gasteiger charge is 2.51. The summed E-state index contributed by atoms with van der Waals surface area (Å²) in [6, 6.07) is 14.0. The third-order valence-electron chi connectivity index (χ3n) is 10.3. The fourth-order valence-electron chi connectivity index (χ4n) is 7.05. The Labute approximate surface area is 338 Å². The van der Waals surface area contributed by atoms with Crippen molar-refractivity contribution in [2.75, 3.05) is 59.8 Å². The van der Waals surface area contributed by atoms with Gasteiger partial charge in [-0.25, -0.2) is 4.98 Å². The molecule has 0 bridgehead atoms. The second-order valence-corrected chi connectivity index (χ2v) is 14.8. The number of halogens is 3. The molecule has 1 atom stereocenters. The molecule has 0 spiro atoms. The molecule has 3 fully saturated rings. The van der Waals surface area contributed by atoms with Crippen LogP contribution < -0.4 is 30.5 Å². The van der Waals surface area contributed by atoms with E-state index >= 15 is 0 Å². The van der Waals surface area contributed by atoms with E-state index in [1.165, 1.54) is 6.07 Å². The van der Waals surface area contributed by atoms with Crippen molar-refractivity contribution in [3.8, 4) is 11.8 Å². The third-order valence-corrected chi connectivity index (χ3v) is 10.6. The van der Waals surface area contributed by atoms with Crippen LogP contribution in [0.1, 0.15) is 50.4 Å². The van der Waals surface area contributed by atoms with E-state index < -0.39 is 34.9 Å². The predicted octanol–water partition coefficient (Wildman–Crippen LogP) is 4.82. The zero-order valence-electron chi connectivity index (χ0n) is 32.1. The minimum absolute atomic E-state index is 0.0294. The zero-order valence-corrected chi connectivity index (χ0v) is 32.9. The molecule has 18 heteroatoms. The van der Waals surface area contributed by atoms with Crippen LogP contribution in [0.3, 0.4) is 0 Å². The number of piperidine rings is 1. The van der Waals surface area contributed by atoms with Gasteiger partial charge in [0, 0.05) is 56.2 Å². The number of rotatable bonds is 12. The first-order valence-corrected chi connectivity index (χ1v) is 19.0. The summed E-state index contributed by atoms with van der Waals surface area (Å²) < 4.78 is 47.4. The zero-order chi connectivity index (χ0) is 41.9. The highest BCUT2D eigenvalue weighted by Crippen LogP contribution is 2.40. The number of aryl methyl sites for hydroxylation is 1. The summed E-state index contributed by atoms with van der Waals surface area (Å²) in [6.07, 6.45) is -2.61. The summed E-state index contributed by atoms with van der Waals surface area (Å²) in [5, 5.41) is 17.4. The van der Waals surface area contributed by atoms with Crippen molar-refractivity contribution < 1.29 is 37.1 Å². The second kappa shape index (κ2) is 16.8. The highest BCUT2D eigenvalue weighted by atomic mass is 32.1. The molecule has 304 valence electrons. The lowest BCUT2D eigenvalue weighted by Gasteiger charge is -2.36. The molecule has 3 N–H and O–H groups in total. The Hall–Kier alpha value is -6.06. The van der Waals surface area contributed by atoms with Crippen molar-refractivity contribution in [3.63, 3.8) is 0 Å². The molecule has 2 aromatic carbocycles. The number of ether oxygens (including phenoxy) is 1. The van der Waals surface area contributed by atoms with E-state index in [0.29, 0.717) is 86.7 Å². The fraction of sp³-hybridized carbons (Fsp3) is 0.375. The maximum Gasteiger partial charge on any atom is 0.419 e. The number of thiocarbonyl (C=S) groups is 1. The molecule has 4 heterocycles. The van der Waals surface area contributed by atoms with E-state index in [1.807, 2.05) is 17.9 Å². The number of hydrogen-bond donors (Lipinski definition) is 3. The number of hydrogen-bond acceptors (Lipinski definition) is 11. The van der Waals surface area contributed by atoms with Gasteiger partial charge in [-0.1, -0.05) is 19.6 Å². The van der Waals surface area contributed by atoms with E-state index in [2.05, 4.69) is 32.4 Å². The van der Waals surface area contributed by atoms with E-state index in [1.54, 1.807) is 55.1 Å². The molecule has 0 unspecified atom stereocenters. The predicted molar refractivity (Wildman–Crippen MR) is 214 cm³/mol. The molecule has 6 rings (SSSR count). The van der Waals surface area contributed by atoms with Crippen molar-refractivity contribution in [2.24, 2.45) is 0 Å². The van der Waals surface area contributed by atoms with Gasteiger partial charge < -0.3 is 25.2 Å². The van der Waals surface area contributed by atoms with Crippen LogP contribution in [-0.2, 0) is 31.8 Å². The summed E-state index contributed by atoms with van der Waals surface area (Å²) in [4.78, 5) is 60.8. The number of alkyl halides is 3. The maximum absolute atomic E-state index is 13.7. The molecule has 0 aliphatic carbocycles. The molecule has 58 heavy (non-hydrogen) atoms. The Balaban J connectivity index is 1.01. The minimum Gasteiger partial charge on any atom is -0.492 e. The van der Waals surface area contributed by atoms with Crippen LogP contribution in [0.15, 0.2) is 67.0 Å². The van der Waals surface area contributed by atoms with E-state index in [4.69, 9.17) is 22.2 Å². The SMILES string of the molecule is C=C(C(=O)Nc1cccc(N[C@@H]2CCC(=O)NC2=O)c1)N1CCN(CCOc2ccc(N3C(=S)N(c4cnc(C#N)c(C(F)(F)F)c4)C(=O)C3(C)C)cc2CC)CC1. The summed E-state index contributed by atoms with van der Waals surface area (Å²) in [6.45, 7) is 12.7. The Morgan fingerprint density at radius 2 is 1.81 bits per heavy atom. The maximum atomic E-state index is 13.7. The normalized spacial score (nSPS) is 18.5. The Morgan fingerprint density at radius 3 is 2.48 bits per heavy atom.